The summed E-state index contributed by atoms with van der Waals surface area (Å²) in [6, 6.07) is 0. The Labute approximate surface area is 77.9 Å². The predicted molar refractivity (Wildman–Crippen MR) is 48.2 cm³/mol. The number of likely N-dealkylation sites (tertiary alicyclic amines) is 1. The molecule has 1 saturated carbocycles. The lowest BCUT2D eigenvalue weighted by atomic mass is 9.95. The second-order valence-corrected chi connectivity index (χ2v) is 4.32. The maximum atomic E-state index is 11.3. The van der Waals surface area contributed by atoms with Gasteiger partial charge in [0.2, 0.25) is 5.91 Å². The summed E-state index contributed by atoms with van der Waals surface area (Å²) in [5.41, 5.74) is 0.528. The van der Waals surface area contributed by atoms with E-state index < -0.39 is 0 Å². The van der Waals surface area contributed by atoms with Crippen molar-refractivity contribution in [1.82, 2.24) is 4.90 Å². The lowest BCUT2D eigenvalue weighted by molar-refractivity contribution is -0.130. The Balaban J connectivity index is 1.94. The molecule has 2 nitrogen and oxygen atoms in total. The zero-order valence-electron chi connectivity index (χ0n) is 7.18. The molecular weight excluding hydrogens is 174 g/mol. The zero-order chi connectivity index (χ0) is 8.60. The average Bonchev–Trinajstić information content (AvgIpc) is 2.84. The normalized spacial score (nSPS) is 25.9. The van der Waals surface area contributed by atoms with Crippen molar-refractivity contribution in [2.24, 2.45) is 5.41 Å². The molecule has 1 spiro atoms. The Bertz CT molecular complexity index is 201. The van der Waals surface area contributed by atoms with Gasteiger partial charge in [0, 0.05) is 13.1 Å². The number of carbonyl (C=O) groups excluding carboxylic acids is 1. The van der Waals surface area contributed by atoms with Crippen molar-refractivity contribution >= 4 is 17.5 Å². The number of piperidine rings is 1. The van der Waals surface area contributed by atoms with E-state index in [1.165, 1.54) is 25.7 Å². The van der Waals surface area contributed by atoms with E-state index in [0.717, 1.165) is 13.1 Å². The second kappa shape index (κ2) is 2.91. The van der Waals surface area contributed by atoms with Gasteiger partial charge in [-0.2, -0.15) is 0 Å². The molecular formula is C9H14ClNO. The molecule has 0 aromatic heterocycles. The van der Waals surface area contributed by atoms with Crippen molar-refractivity contribution in [2.45, 2.75) is 25.7 Å². The molecule has 3 heteroatoms. The number of halogens is 1. The van der Waals surface area contributed by atoms with Crippen LogP contribution in [-0.2, 0) is 4.79 Å². The molecule has 1 amide bonds. The van der Waals surface area contributed by atoms with Crippen LogP contribution >= 0.6 is 11.6 Å². The number of nitrogens with zero attached hydrogens (tertiary/aromatic N) is 1. The quantitative estimate of drug-likeness (QED) is 0.572. The van der Waals surface area contributed by atoms with Gasteiger partial charge in [-0.05, 0) is 31.1 Å². The molecule has 0 aromatic carbocycles. The molecule has 1 aliphatic heterocycles. The van der Waals surface area contributed by atoms with Gasteiger partial charge in [0.25, 0.3) is 0 Å². The Morgan fingerprint density at radius 1 is 1.42 bits per heavy atom. The first-order valence-corrected chi connectivity index (χ1v) is 5.13. The second-order valence-electron chi connectivity index (χ2n) is 4.05. The van der Waals surface area contributed by atoms with Crippen molar-refractivity contribution < 1.29 is 4.79 Å². The highest BCUT2D eigenvalue weighted by molar-refractivity contribution is 6.27. The SMILES string of the molecule is O=C(CCl)N1CCCC2(CC2)C1. The Kier molecular flexibility index (Phi) is 2.03. The van der Waals surface area contributed by atoms with Crippen LogP contribution in [0, 0.1) is 5.41 Å². The summed E-state index contributed by atoms with van der Waals surface area (Å²) in [6.07, 6.45) is 5.12. The summed E-state index contributed by atoms with van der Waals surface area (Å²) in [4.78, 5) is 13.2. The molecule has 0 bridgehead atoms. The molecule has 1 heterocycles. The number of rotatable bonds is 1. The smallest absolute Gasteiger partial charge is 0.237 e. The Hall–Kier alpha value is -0.240. The number of alkyl halides is 1. The van der Waals surface area contributed by atoms with Crippen LogP contribution in [0.3, 0.4) is 0 Å². The summed E-state index contributed by atoms with van der Waals surface area (Å²) in [5, 5.41) is 0. The molecule has 2 rings (SSSR count). The van der Waals surface area contributed by atoms with Gasteiger partial charge in [-0.3, -0.25) is 4.79 Å². The third kappa shape index (κ3) is 1.45. The Morgan fingerprint density at radius 2 is 2.17 bits per heavy atom. The van der Waals surface area contributed by atoms with Gasteiger partial charge in [0.1, 0.15) is 5.88 Å². The van der Waals surface area contributed by atoms with E-state index in [4.69, 9.17) is 11.6 Å². The third-order valence-corrected chi connectivity index (χ3v) is 3.31. The fraction of sp³-hybridized carbons (Fsp3) is 0.889. The van der Waals surface area contributed by atoms with Crippen LogP contribution in [-0.4, -0.2) is 29.8 Å². The van der Waals surface area contributed by atoms with Crippen LogP contribution in [0.15, 0.2) is 0 Å². The van der Waals surface area contributed by atoms with E-state index in [0.29, 0.717) is 5.41 Å². The molecule has 0 aromatic rings. The summed E-state index contributed by atoms with van der Waals surface area (Å²) < 4.78 is 0. The number of carbonyl (C=O) groups is 1. The summed E-state index contributed by atoms with van der Waals surface area (Å²) in [7, 11) is 0. The van der Waals surface area contributed by atoms with Gasteiger partial charge >= 0.3 is 0 Å². The fourth-order valence-electron chi connectivity index (χ4n) is 2.09. The van der Waals surface area contributed by atoms with Crippen molar-refractivity contribution in [1.29, 1.82) is 0 Å². The summed E-state index contributed by atoms with van der Waals surface area (Å²) in [5.74, 6) is 0.262. The monoisotopic (exact) mass is 187 g/mol. The molecule has 1 saturated heterocycles. The molecule has 12 heavy (non-hydrogen) atoms. The molecule has 0 N–H and O–H groups in total. The van der Waals surface area contributed by atoms with E-state index in [9.17, 15) is 4.79 Å². The average molecular weight is 188 g/mol. The van der Waals surface area contributed by atoms with Crippen LogP contribution < -0.4 is 0 Å². The van der Waals surface area contributed by atoms with Gasteiger partial charge in [-0.15, -0.1) is 11.6 Å². The predicted octanol–water partition coefficient (Wildman–Crippen LogP) is 1.63. The maximum absolute atomic E-state index is 11.3. The standard InChI is InChI=1S/C9H14ClNO/c10-6-8(12)11-5-1-2-9(7-11)3-4-9/h1-7H2. The van der Waals surface area contributed by atoms with E-state index in [-0.39, 0.29) is 11.8 Å². The summed E-state index contributed by atoms with van der Waals surface area (Å²) in [6.45, 7) is 1.89. The summed E-state index contributed by atoms with van der Waals surface area (Å²) >= 11 is 5.51. The first kappa shape index (κ1) is 8.36. The lowest BCUT2D eigenvalue weighted by Crippen LogP contribution is -2.41. The van der Waals surface area contributed by atoms with Crippen LogP contribution in [0.4, 0.5) is 0 Å². The molecule has 0 unspecified atom stereocenters. The van der Waals surface area contributed by atoms with Gasteiger partial charge in [-0.1, -0.05) is 0 Å². The molecule has 68 valence electrons. The van der Waals surface area contributed by atoms with Crippen LogP contribution in [0.5, 0.6) is 0 Å². The molecule has 2 aliphatic rings. The number of amides is 1. The van der Waals surface area contributed by atoms with E-state index in [1.807, 2.05) is 4.90 Å². The van der Waals surface area contributed by atoms with Crippen LogP contribution in [0.2, 0.25) is 0 Å². The highest BCUT2D eigenvalue weighted by Crippen LogP contribution is 2.51. The minimum absolute atomic E-state index is 0.114. The van der Waals surface area contributed by atoms with E-state index >= 15 is 0 Å². The van der Waals surface area contributed by atoms with Crippen LogP contribution in [0.25, 0.3) is 0 Å². The number of hydrogen-bond donors (Lipinski definition) is 0. The minimum atomic E-state index is 0.114. The fourth-order valence-corrected chi connectivity index (χ4v) is 2.26. The van der Waals surface area contributed by atoms with Crippen LogP contribution in [0.1, 0.15) is 25.7 Å². The van der Waals surface area contributed by atoms with Crippen molar-refractivity contribution in [3.63, 3.8) is 0 Å². The largest absolute Gasteiger partial charge is 0.341 e. The molecule has 1 aliphatic carbocycles. The first-order valence-electron chi connectivity index (χ1n) is 4.60. The molecule has 2 fully saturated rings. The topological polar surface area (TPSA) is 20.3 Å². The molecule has 0 atom stereocenters. The highest BCUT2D eigenvalue weighted by Gasteiger charge is 2.46. The Morgan fingerprint density at radius 3 is 2.75 bits per heavy atom. The number of hydrogen-bond acceptors (Lipinski definition) is 1. The van der Waals surface area contributed by atoms with Crippen molar-refractivity contribution in [3.05, 3.63) is 0 Å². The van der Waals surface area contributed by atoms with Gasteiger partial charge in [-0.25, -0.2) is 0 Å². The van der Waals surface area contributed by atoms with Gasteiger partial charge < -0.3 is 4.90 Å². The molecule has 0 radical (unpaired) electrons. The van der Waals surface area contributed by atoms with E-state index in [1.54, 1.807) is 0 Å². The van der Waals surface area contributed by atoms with Crippen molar-refractivity contribution in [2.75, 3.05) is 19.0 Å². The van der Waals surface area contributed by atoms with E-state index in [2.05, 4.69) is 0 Å². The first-order chi connectivity index (χ1) is 5.76. The highest BCUT2D eigenvalue weighted by atomic mass is 35.5. The van der Waals surface area contributed by atoms with Crippen molar-refractivity contribution in [3.8, 4) is 0 Å². The van der Waals surface area contributed by atoms with Gasteiger partial charge in [0.15, 0.2) is 0 Å². The third-order valence-electron chi connectivity index (χ3n) is 3.09. The zero-order valence-corrected chi connectivity index (χ0v) is 7.94. The van der Waals surface area contributed by atoms with Gasteiger partial charge in [0.05, 0.1) is 0 Å². The lowest BCUT2D eigenvalue weighted by Gasteiger charge is -2.32. The minimum Gasteiger partial charge on any atom is -0.341 e. The maximum Gasteiger partial charge on any atom is 0.237 e.